The Labute approximate surface area is 66.4 Å². The highest BCUT2D eigenvalue weighted by Crippen LogP contribution is 2.27. The van der Waals surface area contributed by atoms with Gasteiger partial charge in [-0.1, -0.05) is 20.8 Å². The van der Waals surface area contributed by atoms with Gasteiger partial charge in [-0.15, -0.1) is 0 Å². The van der Waals surface area contributed by atoms with E-state index in [9.17, 15) is 9.59 Å². The number of carbonyl (C=O) groups is 2. The maximum atomic E-state index is 10.6. The third kappa shape index (κ3) is 3.16. The van der Waals surface area contributed by atoms with E-state index in [4.69, 9.17) is 5.11 Å². The molecule has 1 atom stereocenters. The molecule has 0 aliphatic carbocycles. The van der Waals surface area contributed by atoms with Crippen molar-refractivity contribution in [1.29, 1.82) is 0 Å². The number of hydrogen-bond acceptors (Lipinski definition) is 2. The van der Waals surface area contributed by atoms with Crippen LogP contribution < -0.4 is 0 Å². The topological polar surface area (TPSA) is 54.4 Å². The fourth-order valence-corrected chi connectivity index (χ4v) is 0.921. The van der Waals surface area contributed by atoms with Crippen molar-refractivity contribution in [1.82, 2.24) is 0 Å². The lowest BCUT2D eigenvalue weighted by Crippen LogP contribution is -2.28. The molecule has 3 nitrogen and oxygen atoms in total. The van der Waals surface area contributed by atoms with Crippen LogP contribution >= 0.6 is 0 Å². The maximum Gasteiger partial charge on any atom is 0.307 e. The monoisotopic (exact) mass is 158 g/mol. The smallest absolute Gasteiger partial charge is 0.307 e. The molecule has 64 valence electrons. The molecule has 0 amide bonds. The molecule has 11 heavy (non-hydrogen) atoms. The Morgan fingerprint density at radius 3 is 2.09 bits per heavy atom. The van der Waals surface area contributed by atoms with Gasteiger partial charge in [-0.3, -0.25) is 4.79 Å². The van der Waals surface area contributed by atoms with Crippen molar-refractivity contribution in [2.75, 3.05) is 0 Å². The van der Waals surface area contributed by atoms with E-state index in [-0.39, 0.29) is 11.8 Å². The predicted octanol–water partition coefficient (Wildman–Crippen LogP) is 1.32. The summed E-state index contributed by atoms with van der Waals surface area (Å²) < 4.78 is 0. The second kappa shape index (κ2) is 3.51. The lowest BCUT2D eigenvalue weighted by atomic mass is 9.79. The van der Waals surface area contributed by atoms with E-state index in [0.29, 0.717) is 6.29 Å². The normalized spacial score (nSPS) is 14.1. The zero-order chi connectivity index (χ0) is 9.07. The van der Waals surface area contributed by atoms with E-state index in [1.807, 2.05) is 20.8 Å². The molecule has 0 saturated heterocycles. The second-order valence-corrected chi connectivity index (χ2v) is 3.66. The lowest BCUT2D eigenvalue weighted by molar-refractivity contribution is -0.146. The van der Waals surface area contributed by atoms with E-state index in [0.717, 1.165) is 0 Å². The Morgan fingerprint density at radius 1 is 1.55 bits per heavy atom. The van der Waals surface area contributed by atoms with Crippen molar-refractivity contribution < 1.29 is 14.7 Å². The zero-order valence-corrected chi connectivity index (χ0v) is 7.13. The summed E-state index contributed by atoms with van der Waals surface area (Å²) in [6.07, 6.45) is 0.753. The van der Waals surface area contributed by atoms with Crippen molar-refractivity contribution in [3.05, 3.63) is 0 Å². The van der Waals surface area contributed by atoms with Crippen molar-refractivity contribution in [3.63, 3.8) is 0 Å². The van der Waals surface area contributed by atoms with Crippen LogP contribution in [0.3, 0.4) is 0 Å². The average molecular weight is 158 g/mol. The Bertz CT molecular complexity index is 155. The van der Waals surface area contributed by atoms with E-state index < -0.39 is 11.9 Å². The first-order valence-corrected chi connectivity index (χ1v) is 3.56. The van der Waals surface area contributed by atoms with E-state index >= 15 is 0 Å². The third-order valence-corrected chi connectivity index (χ3v) is 1.68. The Hall–Kier alpha value is -0.860. The van der Waals surface area contributed by atoms with Crippen LogP contribution in [0, 0.1) is 11.3 Å². The maximum absolute atomic E-state index is 10.6. The van der Waals surface area contributed by atoms with Crippen LogP contribution in [-0.2, 0) is 9.59 Å². The molecule has 0 aliphatic heterocycles. The number of aliphatic carboxylic acids is 1. The fraction of sp³-hybridized carbons (Fsp3) is 0.750. The minimum absolute atomic E-state index is 0.0961. The summed E-state index contributed by atoms with van der Waals surface area (Å²) in [4.78, 5) is 20.7. The van der Waals surface area contributed by atoms with Gasteiger partial charge in [-0.25, -0.2) is 0 Å². The number of hydrogen-bond donors (Lipinski definition) is 1. The number of carboxylic acids is 1. The molecule has 0 spiro atoms. The van der Waals surface area contributed by atoms with Crippen LogP contribution in [0.1, 0.15) is 27.2 Å². The first-order chi connectivity index (χ1) is 4.89. The molecule has 0 aliphatic rings. The van der Waals surface area contributed by atoms with Gasteiger partial charge in [0.25, 0.3) is 0 Å². The van der Waals surface area contributed by atoms with Crippen LogP contribution in [-0.4, -0.2) is 17.4 Å². The fourth-order valence-electron chi connectivity index (χ4n) is 0.921. The minimum atomic E-state index is -0.899. The Balaban J connectivity index is 4.34. The van der Waals surface area contributed by atoms with Crippen molar-refractivity contribution in [3.8, 4) is 0 Å². The van der Waals surface area contributed by atoms with Crippen LogP contribution in [0.15, 0.2) is 0 Å². The van der Waals surface area contributed by atoms with Gasteiger partial charge in [0.15, 0.2) is 0 Å². The quantitative estimate of drug-likeness (QED) is 0.630. The first-order valence-electron chi connectivity index (χ1n) is 3.56. The summed E-state index contributed by atoms with van der Waals surface area (Å²) >= 11 is 0. The summed E-state index contributed by atoms with van der Waals surface area (Å²) in [6, 6.07) is 0. The molecule has 0 radical (unpaired) electrons. The lowest BCUT2D eigenvalue weighted by Gasteiger charge is -2.24. The summed E-state index contributed by atoms with van der Waals surface area (Å²) in [7, 11) is 0. The van der Waals surface area contributed by atoms with Crippen molar-refractivity contribution in [2.45, 2.75) is 27.2 Å². The van der Waals surface area contributed by atoms with Crippen LogP contribution in [0.2, 0.25) is 0 Å². The molecular weight excluding hydrogens is 144 g/mol. The minimum Gasteiger partial charge on any atom is -0.481 e. The molecule has 0 heterocycles. The van der Waals surface area contributed by atoms with E-state index in [1.54, 1.807) is 0 Å². The molecule has 0 fully saturated rings. The molecule has 0 aromatic carbocycles. The number of aldehydes is 1. The molecule has 0 rings (SSSR count). The number of carboxylic acid groups (broad SMARTS) is 1. The Morgan fingerprint density at radius 2 is 2.00 bits per heavy atom. The largest absolute Gasteiger partial charge is 0.481 e. The van der Waals surface area contributed by atoms with Gasteiger partial charge in [-0.05, 0) is 5.41 Å². The zero-order valence-electron chi connectivity index (χ0n) is 7.13. The van der Waals surface area contributed by atoms with Crippen LogP contribution in [0.4, 0.5) is 0 Å². The highest BCUT2D eigenvalue weighted by Gasteiger charge is 2.30. The van der Waals surface area contributed by atoms with Crippen LogP contribution in [0.5, 0.6) is 0 Å². The second-order valence-electron chi connectivity index (χ2n) is 3.66. The van der Waals surface area contributed by atoms with E-state index in [1.165, 1.54) is 0 Å². The summed E-state index contributed by atoms with van der Waals surface area (Å²) in [5.41, 5.74) is -0.341. The number of carbonyl (C=O) groups excluding carboxylic acids is 1. The summed E-state index contributed by atoms with van der Waals surface area (Å²) in [5.74, 6) is -1.47. The summed E-state index contributed by atoms with van der Waals surface area (Å²) in [6.45, 7) is 5.44. The third-order valence-electron chi connectivity index (χ3n) is 1.68. The highest BCUT2D eigenvalue weighted by molar-refractivity contribution is 5.74. The SMILES string of the molecule is CC(C)(C)C(CC=O)C(=O)O. The molecule has 1 N–H and O–H groups in total. The molecule has 0 aromatic heterocycles. The predicted molar refractivity (Wildman–Crippen MR) is 41.3 cm³/mol. The molecule has 3 heteroatoms. The number of rotatable bonds is 3. The Kier molecular flexibility index (Phi) is 3.23. The van der Waals surface area contributed by atoms with Gasteiger partial charge in [-0.2, -0.15) is 0 Å². The van der Waals surface area contributed by atoms with Gasteiger partial charge in [0.2, 0.25) is 0 Å². The van der Waals surface area contributed by atoms with Crippen molar-refractivity contribution >= 4 is 12.3 Å². The van der Waals surface area contributed by atoms with Gasteiger partial charge < -0.3 is 9.90 Å². The molecule has 0 bridgehead atoms. The molecule has 1 unspecified atom stereocenters. The molecular formula is C8H14O3. The van der Waals surface area contributed by atoms with Gasteiger partial charge in [0, 0.05) is 6.42 Å². The van der Waals surface area contributed by atoms with Gasteiger partial charge >= 0.3 is 5.97 Å². The van der Waals surface area contributed by atoms with Gasteiger partial charge in [0.05, 0.1) is 5.92 Å². The van der Waals surface area contributed by atoms with Gasteiger partial charge in [0.1, 0.15) is 6.29 Å². The van der Waals surface area contributed by atoms with E-state index in [2.05, 4.69) is 0 Å². The molecule has 0 aromatic rings. The van der Waals surface area contributed by atoms with Crippen molar-refractivity contribution in [2.24, 2.45) is 11.3 Å². The first kappa shape index (κ1) is 10.1. The average Bonchev–Trinajstić information content (AvgIpc) is 1.79. The van der Waals surface area contributed by atoms with Crippen LogP contribution in [0.25, 0.3) is 0 Å². The summed E-state index contributed by atoms with van der Waals surface area (Å²) in [5, 5.41) is 8.68. The standard InChI is InChI=1S/C8H14O3/c1-8(2,3)6(4-5-9)7(10)11/h5-6H,4H2,1-3H3,(H,10,11). The molecule has 0 saturated carbocycles. The highest BCUT2D eigenvalue weighted by atomic mass is 16.4.